The molecule has 0 aromatic heterocycles. The Hall–Kier alpha value is -1.93. The van der Waals surface area contributed by atoms with Crippen LogP contribution in [0.4, 0.5) is 0 Å². The lowest BCUT2D eigenvalue weighted by Crippen LogP contribution is -2.34. The minimum absolute atomic E-state index is 0.294. The van der Waals surface area contributed by atoms with Crippen LogP contribution in [0.2, 0.25) is 0 Å². The average molecular weight is 439 g/mol. The highest BCUT2D eigenvalue weighted by Crippen LogP contribution is 2.47. The molecule has 0 amide bonds. The first-order valence-electron chi connectivity index (χ1n) is 8.01. The van der Waals surface area contributed by atoms with E-state index in [1.165, 1.54) is 11.8 Å². The van der Waals surface area contributed by atoms with Crippen molar-refractivity contribution in [1.82, 2.24) is 4.90 Å². The zero-order chi connectivity index (χ0) is 18.8. The van der Waals surface area contributed by atoms with Gasteiger partial charge in [-0.05, 0) is 31.4 Å². The number of carbonyl (C=O) groups excluding carboxylic acids is 1. The molecule has 0 fully saturated rings. The summed E-state index contributed by atoms with van der Waals surface area (Å²) in [7, 11) is 3.17. The number of rotatable bonds is 5. The van der Waals surface area contributed by atoms with Gasteiger partial charge in [0.2, 0.25) is 0 Å². The molecule has 3 rings (SSSR count). The largest absolute Gasteiger partial charge is 0.493 e. The van der Waals surface area contributed by atoms with E-state index in [9.17, 15) is 4.79 Å². The van der Waals surface area contributed by atoms with Gasteiger partial charge in [0.05, 0.1) is 38.1 Å². The van der Waals surface area contributed by atoms with Crippen molar-refractivity contribution >= 4 is 38.8 Å². The fraction of sp³-hybridized carbons (Fsp3) is 0.333. The van der Waals surface area contributed by atoms with Crippen LogP contribution in [0.25, 0.3) is 0 Å². The molecule has 1 unspecified atom stereocenters. The van der Waals surface area contributed by atoms with Gasteiger partial charge in [-0.1, -0.05) is 27.7 Å². The van der Waals surface area contributed by atoms with Crippen LogP contribution in [-0.4, -0.2) is 36.9 Å². The smallest absolute Gasteiger partial charge is 0.338 e. The minimum atomic E-state index is -0.422. The Balaban J connectivity index is 2.23. The lowest BCUT2D eigenvalue weighted by molar-refractivity contribution is -0.139. The lowest BCUT2D eigenvalue weighted by atomic mass is 9.93. The third kappa shape index (κ3) is 3.23. The van der Waals surface area contributed by atoms with Gasteiger partial charge in [0.1, 0.15) is 0 Å². The van der Waals surface area contributed by atoms with Crippen LogP contribution in [0.15, 0.2) is 44.5 Å². The number of thioether (sulfide) groups is 1. The molecule has 1 aromatic rings. The maximum Gasteiger partial charge on any atom is 0.338 e. The summed E-state index contributed by atoms with van der Waals surface area (Å²) in [4.78, 5) is 19.2. The van der Waals surface area contributed by atoms with E-state index in [4.69, 9.17) is 14.2 Å². The van der Waals surface area contributed by atoms with Crippen molar-refractivity contribution in [1.29, 1.82) is 0 Å². The molecule has 0 radical (unpaired) electrons. The standard InChI is InChI=1S/C18H19BrN2O4S/c1-5-25-17(22)14-10(2)20-18-21(6-7-26-18)15(14)12-8-11(19)9-13(23-3)16(12)24-4/h6-9,15H,5H2,1-4H3. The van der Waals surface area contributed by atoms with Crippen LogP contribution in [0.5, 0.6) is 11.5 Å². The summed E-state index contributed by atoms with van der Waals surface area (Å²) in [5.41, 5.74) is 1.92. The van der Waals surface area contributed by atoms with Crippen molar-refractivity contribution in [2.75, 3.05) is 20.8 Å². The molecule has 26 heavy (non-hydrogen) atoms. The van der Waals surface area contributed by atoms with Gasteiger partial charge in [-0.15, -0.1) is 0 Å². The van der Waals surface area contributed by atoms with E-state index in [0.29, 0.717) is 29.4 Å². The number of benzene rings is 1. The van der Waals surface area contributed by atoms with E-state index in [1.54, 1.807) is 21.1 Å². The molecule has 0 saturated heterocycles. The monoisotopic (exact) mass is 438 g/mol. The van der Waals surface area contributed by atoms with E-state index in [0.717, 1.165) is 15.2 Å². The van der Waals surface area contributed by atoms with E-state index in [2.05, 4.69) is 20.9 Å². The molecule has 2 aliphatic heterocycles. The highest BCUT2D eigenvalue weighted by atomic mass is 79.9. The second-order valence-corrected chi connectivity index (χ2v) is 7.35. The van der Waals surface area contributed by atoms with Gasteiger partial charge in [0.15, 0.2) is 16.7 Å². The molecular weight excluding hydrogens is 420 g/mol. The molecule has 0 bridgehead atoms. The van der Waals surface area contributed by atoms with Crippen LogP contribution >= 0.6 is 27.7 Å². The molecule has 6 nitrogen and oxygen atoms in total. The Morgan fingerprint density at radius 3 is 2.77 bits per heavy atom. The molecule has 0 aliphatic carbocycles. The number of hydrogen-bond donors (Lipinski definition) is 0. The van der Waals surface area contributed by atoms with Gasteiger partial charge in [-0.25, -0.2) is 9.79 Å². The van der Waals surface area contributed by atoms with Gasteiger partial charge in [-0.2, -0.15) is 0 Å². The zero-order valence-electron chi connectivity index (χ0n) is 14.9. The molecule has 0 spiro atoms. The minimum Gasteiger partial charge on any atom is -0.493 e. The topological polar surface area (TPSA) is 60.4 Å². The van der Waals surface area contributed by atoms with Crippen LogP contribution in [0, 0.1) is 0 Å². The predicted molar refractivity (Wildman–Crippen MR) is 105 cm³/mol. The Morgan fingerprint density at radius 2 is 2.12 bits per heavy atom. The predicted octanol–water partition coefficient (Wildman–Crippen LogP) is 4.23. The number of fused-ring (bicyclic) bond motifs is 1. The Kier molecular flexibility index (Phi) is 5.62. The number of carbonyl (C=O) groups is 1. The van der Waals surface area contributed by atoms with Crippen molar-refractivity contribution in [2.45, 2.75) is 19.9 Å². The van der Waals surface area contributed by atoms with Gasteiger partial charge in [0, 0.05) is 16.2 Å². The number of nitrogens with zero attached hydrogens (tertiary/aromatic N) is 2. The summed E-state index contributed by atoms with van der Waals surface area (Å²) in [6.45, 7) is 3.90. The highest BCUT2D eigenvalue weighted by molar-refractivity contribution is 9.10. The van der Waals surface area contributed by atoms with Crippen molar-refractivity contribution in [3.8, 4) is 11.5 Å². The van der Waals surface area contributed by atoms with Gasteiger partial charge in [0.25, 0.3) is 0 Å². The number of methoxy groups -OCH3 is 2. The summed E-state index contributed by atoms with van der Waals surface area (Å²) in [6, 6.07) is 3.34. The first kappa shape index (κ1) is 18.8. The Morgan fingerprint density at radius 1 is 1.35 bits per heavy atom. The molecule has 8 heteroatoms. The molecule has 1 aromatic carbocycles. The zero-order valence-corrected chi connectivity index (χ0v) is 17.3. The number of aliphatic imine (C=N–C) groups is 1. The number of amidine groups is 1. The number of ether oxygens (including phenoxy) is 3. The molecule has 1 atom stereocenters. The van der Waals surface area contributed by atoms with Crippen LogP contribution in [0.1, 0.15) is 25.5 Å². The summed E-state index contributed by atoms with van der Waals surface area (Å²) in [5, 5.41) is 2.75. The van der Waals surface area contributed by atoms with Crippen LogP contribution in [-0.2, 0) is 9.53 Å². The highest BCUT2D eigenvalue weighted by Gasteiger charge is 2.39. The Labute approximate surface area is 165 Å². The molecule has 0 saturated carbocycles. The van der Waals surface area contributed by atoms with Gasteiger partial charge >= 0.3 is 5.97 Å². The second-order valence-electron chi connectivity index (χ2n) is 5.56. The van der Waals surface area contributed by atoms with Crippen molar-refractivity contribution in [2.24, 2.45) is 4.99 Å². The third-order valence-corrected chi connectivity index (χ3v) is 5.31. The summed E-state index contributed by atoms with van der Waals surface area (Å²) >= 11 is 5.03. The average Bonchev–Trinajstić information content (AvgIpc) is 3.07. The maximum absolute atomic E-state index is 12.7. The van der Waals surface area contributed by atoms with Crippen molar-refractivity contribution in [3.05, 3.63) is 45.0 Å². The molecule has 2 aliphatic rings. The summed E-state index contributed by atoms with van der Waals surface area (Å²) in [5.74, 6) is 0.767. The third-order valence-electron chi connectivity index (χ3n) is 4.08. The van der Waals surface area contributed by atoms with E-state index < -0.39 is 6.04 Å². The summed E-state index contributed by atoms with van der Waals surface area (Å²) in [6.07, 6.45) is 1.91. The molecule has 138 valence electrons. The molecule has 2 heterocycles. The fourth-order valence-electron chi connectivity index (χ4n) is 3.04. The van der Waals surface area contributed by atoms with E-state index in [-0.39, 0.29) is 5.97 Å². The first-order valence-corrected chi connectivity index (χ1v) is 9.68. The number of esters is 1. The van der Waals surface area contributed by atoms with Crippen molar-refractivity contribution < 1.29 is 19.0 Å². The maximum atomic E-state index is 12.7. The second kappa shape index (κ2) is 7.75. The van der Waals surface area contributed by atoms with Crippen LogP contribution < -0.4 is 9.47 Å². The fourth-order valence-corrected chi connectivity index (χ4v) is 4.28. The molecule has 0 N–H and O–H groups in total. The van der Waals surface area contributed by atoms with E-state index >= 15 is 0 Å². The first-order chi connectivity index (χ1) is 12.5. The number of halogens is 1. The van der Waals surface area contributed by atoms with Crippen molar-refractivity contribution in [3.63, 3.8) is 0 Å². The lowest BCUT2D eigenvalue weighted by Gasteiger charge is -2.34. The quantitative estimate of drug-likeness (QED) is 0.640. The SMILES string of the molecule is CCOC(=O)C1=C(C)N=C2SC=CN2C1c1cc(Br)cc(OC)c1OC. The molecular formula is C18H19BrN2O4S. The van der Waals surface area contributed by atoms with Gasteiger partial charge in [-0.3, -0.25) is 0 Å². The summed E-state index contributed by atoms with van der Waals surface area (Å²) < 4.78 is 17.2. The Bertz CT molecular complexity index is 835. The van der Waals surface area contributed by atoms with Gasteiger partial charge < -0.3 is 19.1 Å². The van der Waals surface area contributed by atoms with Crippen LogP contribution in [0.3, 0.4) is 0 Å². The van der Waals surface area contributed by atoms with E-state index in [1.807, 2.05) is 35.6 Å². The number of hydrogen-bond acceptors (Lipinski definition) is 7. The number of allylic oxidation sites excluding steroid dienone is 1. The normalized spacial score (nSPS) is 18.6.